The Morgan fingerprint density at radius 1 is 0.962 bits per heavy atom. The second-order valence-corrected chi connectivity index (χ2v) is 6.26. The summed E-state index contributed by atoms with van der Waals surface area (Å²) in [5.74, 6) is -0.0477. The molecule has 140 valence electrons. The molecule has 0 bridgehead atoms. The molecule has 4 nitrogen and oxygen atoms in total. The smallest absolute Gasteiger partial charge is 0.251 e. The molecule has 0 aliphatic carbocycles. The van der Waals surface area contributed by atoms with Gasteiger partial charge < -0.3 is 15.0 Å². The molecule has 0 saturated carbocycles. The first-order valence-corrected chi connectivity index (χ1v) is 9.46. The van der Waals surface area contributed by atoms with Crippen LogP contribution in [0, 0.1) is 0 Å². The molecule has 4 heteroatoms. The molecule has 2 aromatic carbocycles. The van der Waals surface area contributed by atoms with Crippen LogP contribution in [0.15, 0.2) is 48.5 Å². The molecule has 0 radical (unpaired) electrons. The normalized spacial score (nSPS) is 10.6. The molecule has 26 heavy (non-hydrogen) atoms. The number of hydrogen-bond acceptors (Lipinski definition) is 3. The van der Waals surface area contributed by atoms with Gasteiger partial charge in [0.1, 0.15) is 0 Å². The second-order valence-electron chi connectivity index (χ2n) is 6.26. The molecule has 0 saturated heterocycles. The molecule has 0 heterocycles. The standard InChI is InChI=1S/C22H30N2O2/c1-4-15-24(5-2)21-13-11-20(12-14-21)22(25)23-16-18-7-9-19(10-8-18)17-26-6-3/h7-14H,4-6,15-17H2,1-3H3,(H,23,25). The first-order valence-electron chi connectivity index (χ1n) is 9.46. The Bertz CT molecular complexity index is 666. The van der Waals surface area contributed by atoms with Gasteiger partial charge in [-0.15, -0.1) is 0 Å². The highest BCUT2D eigenvalue weighted by Gasteiger charge is 2.08. The maximum Gasteiger partial charge on any atom is 0.251 e. The Kier molecular flexibility index (Phi) is 8.16. The van der Waals surface area contributed by atoms with Crippen molar-refractivity contribution in [2.75, 3.05) is 24.6 Å². The average molecular weight is 354 g/mol. The SMILES string of the molecule is CCCN(CC)c1ccc(C(=O)NCc2ccc(COCC)cc2)cc1. The third kappa shape index (κ3) is 5.88. The van der Waals surface area contributed by atoms with Gasteiger partial charge >= 0.3 is 0 Å². The van der Waals surface area contributed by atoms with Crippen LogP contribution in [-0.4, -0.2) is 25.6 Å². The summed E-state index contributed by atoms with van der Waals surface area (Å²) in [6, 6.07) is 16.0. The number of hydrogen-bond donors (Lipinski definition) is 1. The van der Waals surface area contributed by atoms with Crippen LogP contribution in [0.1, 0.15) is 48.7 Å². The number of nitrogens with one attached hydrogen (secondary N) is 1. The van der Waals surface area contributed by atoms with Crippen molar-refractivity contribution in [3.63, 3.8) is 0 Å². The predicted molar refractivity (Wildman–Crippen MR) is 108 cm³/mol. The number of nitrogens with zero attached hydrogens (tertiary/aromatic N) is 1. The lowest BCUT2D eigenvalue weighted by molar-refractivity contribution is 0.0951. The van der Waals surface area contributed by atoms with E-state index in [0.717, 1.165) is 36.3 Å². The van der Waals surface area contributed by atoms with Crippen LogP contribution in [0.4, 0.5) is 5.69 Å². The van der Waals surface area contributed by atoms with Gasteiger partial charge in [-0.3, -0.25) is 4.79 Å². The molecule has 0 fully saturated rings. The Labute approximate surface area is 157 Å². The fraction of sp³-hybridized carbons (Fsp3) is 0.409. The highest BCUT2D eigenvalue weighted by atomic mass is 16.5. The van der Waals surface area contributed by atoms with Gasteiger partial charge in [-0.25, -0.2) is 0 Å². The zero-order chi connectivity index (χ0) is 18.8. The molecule has 1 amide bonds. The first kappa shape index (κ1) is 20.0. The summed E-state index contributed by atoms with van der Waals surface area (Å²) in [5.41, 5.74) is 4.07. The number of ether oxygens (including phenoxy) is 1. The Balaban J connectivity index is 1.89. The van der Waals surface area contributed by atoms with Crippen LogP contribution in [0.5, 0.6) is 0 Å². The van der Waals surface area contributed by atoms with Crippen LogP contribution >= 0.6 is 0 Å². The van der Waals surface area contributed by atoms with Crippen molar-refractivity contribution in [1.29, 1.82) is 0 Å². The molecular weight excluding hydrogens is 324 g/mol. The fourth-order valence-electron chi connectivity index (χ4n) is 2.82. The van der Waals surface area contributed by atoms with Crippen molar-refractivity contribution in [2.24, 2.45) is 0 Å². The third-order valence-electron chi connectivity index (χ3n) is 4.32. The molecular formula is C22H30N2O2. The van der Waals surface area contributed by atoms with E-state index in [9.17, 15) is 4.79 Å². The maximum absolute atomic E-state index is 12.4. The van der Waals surface area contributed by atoms with Gasteiger partial charge in [-0.1, -0.05) is 31.2 Å². The van der Waals surface area contributed by atoms with E-state index in [0.29, 0.717) is 25.3 Å². The number of benzene rings is 2. The Hall–Kier alpha value is -2.33. The number of amides is 1. The number of carbonyl (C=O) groups is 1. The zero-order valence-corrected chi connectivity index (χ0v) is 16.1. The fourth-order valence-corrected chi connectivity index (χ4v) is 2.82. The lowest BCUT2D eigenvalue weighted by atomic mass is 10.1. The van der Waals surface area contributed by atoms with Crippen LogP contribution in [0.25, 0.3) is 0 Å². The van der Waals surface area contributed by atoms with Gasteiger partial charge in [0, 0.05) is 37.5 Å². The average Bonchev–Trinajstić information content (AvgIpc) is 2.69. The van der Waals surface area contributed by atoms with Crippen molar-refractivity contribution in [2.45, 2.75) is 40.3 Å². The number of anilines is 1. The first-order chi connectivity index (χ1) is 12.7. The predicted octanol–water partition coefficient (Wildman–Crippen LogP) is 4.39. The summed E-state index contributed by atoms with van der Waals surface area (Å²) < 4.78 is 5.39. The highest BCUT2D eigenvalue weighted by molar-refractivity contribution is 5.94. The quantitative estimate of drug-likeness (QED) is 0.688. The van der Waals surface area contributed by atoms with Crippen LogP contribution < -0.4 is 10.2 Å². The second kappa shape index (κ2) is 10.6. The molecule has 0 aromatic heterocycles. The summed E-state index contributed by atoms with van der Waals surface area (Å²) in [6.07, 6.45) is 1.11. The molecule has 1 N–H and O–H groups in total. The van der Waals surface area contributed by atoms with Crippen LogP contribution in [0.2, 0.25) is 0 Å². The van der Waals surface area contributed by atoms with E-state index in [-0.39, 0.29) is 5.91 Å². The minimum absolute atomic E-state index is 0.0477. The molecule has 0 aliphatic rings. The Morgan fingerprint density at radius 2 is 1.62 bits per heavy atom. The van der Waals surface area contributed by atoms with Gasteiger partial charge in [0.25, 0.3) is 5.91 Å². The summed E-state index contributed by atoms with van der Waals surface area (Å²) in [4.78, 5) is 14.7. The van der Waals surface area contributed by atoms with E-state index in [1.54, 1.807) is 0 Å². The third-order valence-corrected chi connectivity index (χ3v) is 4.32. The maximum atomic E-state index is 12.4. The van der Waals surface area contributed by atoms with Gasteiger partial charge in [-0.05, 0) is 55.7 Å². The van der Waals surface area contributed by atoms with E-state index in [1.807, 2.05) is 55.5 Å². The minimum atomic E-state index is -0.0477. The van der Waals surface area contributed by atoms with Crippen molar-refractivity contribution in [3.8, 4) is 0 Å². The van der Waals surface area contributed by atoms with E-state index in [4.69, 9.17) is 4.74 Å². The summed E-state index contributed by atoms with van der Waals surface area (Å²) in [5, 5.41) is 2.98. The molecule has 0 unspecified atom stereocenters. The van der Waals surface area contributed by atoms with Gasteiger partial charge in [0.2, 0.25) is 0 Å². The zero-order valence-electron chi connectivity index (χ0n) is 16.1. The van der Waals surface area contributed by atoms with Crippen molar-refractivity contribution in [3.05, 3.63) is 65.2 Å². The molecule has 0 aliphatic heterocycles. The van der Waals surface area contributed by atoms with E-state index >= 15 is 0 Å². The van der Waals surface area contributed by atoms with Crippen LogP contribution in [-0.2, 0) is 17.9 Å². The highest BCUT2D eigenvalue weighted by Crippen LogP contribution is 2.15. The lowest BCUT2D eigenvalue weighted by Gasteiger charge is -2.22. The summed E-state index contributed by atoms with van der Waals surface area (Å²) in [6.45, 7) is 10.2. The number of carbonyl (C=O) groups excluding carboxylic acids is 1. The molecule has 2 rings (SSSR count). The number of rotatable bonds is 10. The molecule has 0 atom stereocenters. The topological polar surface area (TPSA) is 41.6 Å². The monoisotopic (exact) mass is 354 g/mol. The molecule has 2 aromatic rings. The summed E-state index contributed by atoms with van der Waals surface area (Å²) in [7, 11) is 0. The van der Waals surface area contributed by atoms with Gasteiger partial charge in [0.05, 0.1) is 6.61 Å². The van der Waals surface area contributed by atoms with E-state index < -0.39 is 0 Å². The Morgan fingerprint density at radius 3 is 2.19 bits per heavy atom. The van der Waals surface area contributed by atoms with E-state index in [1.165, 1.54) is 0 Å². The lowest BCUT2D eigenvalue weighted by Crippen LogP contribution is -2.24. The largest absolute Gasteiger partial charge is 0.377 e. The van der Waals surface area contributed by atoms with E-state index in [2.05, 4.69) is 24.1 Å². The summed E-state index contributed by atoms with van der Waals surface area (Å²) >= 11 is 0. The van der Waals surface area contributed by atoms with Crippen LogP contribution in [0.3, 0.4) is 0 Å². The molecule has 0 spiro atoms. The van der Waals surface area contributed by atoms with Gasteiger partial charge in [-0.2, -0.15) is 0 Å². The van der Waals surface area contributed by atoms with Crippen molar-refractivity contribution >= 4 is 11.6 Å². The van der Waals surface area contributed by atoms with Gasteiger partial charge in [0.15, 0.2) is 0 Å². The van der Waals surface area contributed by atoms with Crippen molar-refractivity contribution in [1.82, 2.24) is 5.32 Å². The minimum Gasteiger partial charge on any atom is -0.377 e. The van der Waals surface area contributed by atoms with Crippen molar-refractivity contribution < 1.29 is 9.53 Å².